The molecule has 2 heterocycles. The van der Waals surface area contributed by atoms with Crippen LogP contribution in [0.3, 0.4) is 0 Å². The summed E-state index contributed by atoms with van der Waals surface area (Å²) in [5.74, 6) is -3.01. The van der Waals surface area contributed by atoms with E-state index in [1.807, 2.05) is 30.3 Å². The predicted molar refractivity (Wildman–Crippen MR) is 140 cm³/mol. The van der Waals surface area contributed by atoms with Crippen LogP contribution in [0.2, 0.25) is 0 Å². The van der Waals surface area contributed by atoms with E-state index in [2.05, 4.69) is 4.57 Å². The van der Waals surface area contributed by atoms with Crippen molar-refractivity contribution in [2.75, 3.05) is 14.2 Å². The van der Waals surface area contributed by atoms with Gasteiger partial charge in [-0.05, 0) is 66.3 Å². The van der Waals surface area contributed by atoms with Gasteiger partial charge in [0, 0.05) is 16.5 Å². The number of nitrogens with zero attached hydrogens (tertiary/aromatic N) is 1. The zero-order chi connectivity index (χ0) is 29.2. The number of halogens is 3. The summed E-state index contributed by atoms with van der Waals surface area (Å²) >= 11 is 0. The van der Waals surface area contributed by atoms with E-state index in [1.165, 1.54) is 31.9 Å². The molecule has 0 unspecified atom stereocenters. The number of fused-ring (bicyclic) bond motifs is 5. The third-order valence-corrected chi connectivity index (χ3v) is 7.23. The van der Waals surface area contributed by atoms with Gasteiger partial charge in [0.2, 0.25) is 0 Å². The molecule has 0 radical (unpaired) electrons. The minimum atomic E-state index is -5.08. The second kappa shape index (κ2) is 11.4. The zero-order valence-electron chi connectivity index (χ0n) is 21.9. The summed E-state index contributed by atoms with van der Waals surface area (Å²) in [4.78, 5) is 33.3. The monoisotopic (exact) mass is 559 g/mol. The van der Waals surface area contributed by atoms with E-state index in [9.17, 15) is 27.9 Å². The number of aliphatic carboxylic acids is 1. The molecule has 0 bridgehead atoms. The number of ether oxygens (including phenoxy) is 2. The van der Waals surface area contributed by atoms with E-state index in [4.69, 9.17) is 19.4 Å². The Hall–Kier alpha value is -4.28. The van der Waals surface area contributed by atoms with Gasteiger partial charge in [0.25, 0.3) is 0 Å². The Labute approximate surface area is 227 Å². The van der Waals surface area contributed by atoms with Crippen LogP contribution in [0.25, 0.3) is 28.2 Å². The summed E-state index contributed by atoms with van der Waals surface area (Å²) in [6.45, 7) is 0.311. The molecular weight excluding hydrogens is 531 g/mol. The van der Waals surface area contributed by atoms with Crippen molar-refractivity contribution in [2.24, 2.45) is 0 Å². The minimum Gasteiger partial charge on any atom is -0.497 e. The number of rotatable bonds is 4. The quantitative estimate of drug-likeness (QED) is 0.362. The largest absolute Gasteiger partial charge is 0.497 e. The van der Waals surface area contributed by atoms with E-state index >= 15 is 0 Å². The van der Waals surface area contributed by atoms with Crippen LogP contribution in [0.15, 0.2) is 42.0 Å². The number of benzene rings is 2. The molecule has 1 aliphatic heterocycles. The minimum absolute atomic E-state index is 0.237. The first kappa shape index (κ1) is 28.7. The number of alkyl halides is 3. The first-order chi connectivity index (χ1) is 19.0. The molecule has 1 saturated carbocycles. The lowest BCUT2D eigenvalue weighted by molar-refractivity contribution is -0.192. The second-order valence-corrected chi connectivity index (χ2v) is 9.64. The predicted octanol–water partition coefficient (Wildman–Crippen LogP) is 6.27. The maximum absolute atomic E-state index is 12.7. The maximum Gasteiger partial charge on any atom is 0.490 e. The van der Waals surface area contributed by atoms with E-state index in [0.29, 0.717) is 23.8 Å². The number of carboxylic acid groups (broad SMARTS) is 2. The lowest BCUT2D eigenvalue weighted by Gasteiger charge is -2.24. The summed E-state index contributed by atoms with van der Waals surface area (Å²) in [5, 5.41) is 17.8. The average Bonchev–Trinajstić information content (AvgIpc) is 3.15. The summed E-state index contributed by atoms with van der Waals surface area (Å²) in [6, 6.07) is 11.3. The van der Waals surface area contributed by atoms with Gasteiger partial charge in [0.15, 0.2) is 0 Å². The zero-order valence-corrected chi connectivity index (χ0v) is 21.9. The molecule has 5 rings (SSSR count). The molecule has 11 heteroatoms. The molecule has 0 spiro atoms. The molecule has 1 fully saturated rings. The lowest BCUT2D eigenvalue weighted by atomic mass is 9.81. The molecule has 3 aromatic rings. The van der Waals surface area contributed by atoms with Gasteiger partial charge in [-0.2, -0.15) is 13.2 Å². The molecule has 2 N–H and O–H groups in total. The van der Waals surface area contributed by atoms with E-state index < -0.39 is 24.1 Å². The maximum atomic E-state index is 12.7. The van der Waals surface area contributed by atoms with Crippen molar-refractivity contribution >= 4 is 34.9 Å². The SMILES string of the molecule is COC(=O)C1=Cc2cc(OC)ccc2-c2c(C3CCCCC3)c3ccc(C(=O)O)cc3n2C1.O=C(O)C(F)(F)F. The molecular formula is C29H28F3NO7. The van der Waals surface area contributed by atoms with Gasteiger partial charge in [0.05, 0.1) is 37.6 Å². The average molecular weight is 560 g/mol. The molecule has 2 aromatic carbocycles. The lowest BCUT2D eigenvalue weighted by Crippen LogP contribution is -2.21. The van der Waals surface area contributed by atoms with Crippen molar-refractivity contribution in [3.8, 4) is 17.0 Å². The summed E-state index contributed by atoms with van der Waals surface area (Å²) in [5.41, 5.74) is 5.82. The number of esters is 1. The van der Waals surface area contributed by atoms with Crippen molar-refractivity contribution in [3.63, 3.8) is 0 Å². The van der Waals surface area contributed by atoms with E-state index in [0.717, 1.165) is 40.6 Å². The smallest absolute Gasteiger partial charge is 0.490 e. The Morgan fingerprint density at radius 1 is 0.975 bits per heavy atom. The number of carbonyl (C=O) groups is 3. The first-order valence-electron chi connectivity index (χ1n) is 12.6. The van der Waals surface area contributed by atoms with Gasteiger partial charge in [-0.15, -0.1) is 0 Å². The number of carboxylic acids is 2. The van der Waals surface area contributed by atoms with Crippen molar-refractivity contribution in [2.45, 2.75) is 50.7 Å². The highest BCUT2D eigenvalue weighted by Crippen LogP contribution is 2.47. The summed E-state index contributed by atoms with van der Waals surface area (Å²) in [6.07, 6.45) is 2.62. The number of methoxy groups -OCH3 is 2. The molecule has 0 atom stereocenters. The highest BCUT2D eigenvalue weighted by molar-refractivity contribution is 6.02. The fourth-order valence-corrected chi connectivity index (χ4v) is 5.43. The number of hydrogen-bond acceptors (Lipinski definition) is 5. The second-order valence-electron chi connectivity index (χ2n) is 9.64. The van der Waals surface area contributed by atoms with Crippen LogP contribution in [0.5, 0.6) is 5.75 Å². The highest BCUT2D eigenvalue weighted by atomic mass is 19.4. The molecule has 0 amide bonds. The van der Waals surface area contributed by atoms with Crippen LogP contribution in [0.1, 0.15) is 59.5 Å². The normalized spacial score (nSPS) is 15.1. The van der Waals surface area contributed by atoms with Gasteiger partial charge in [-0.3, -0.25) is 0 Å². The van der Waals surface area contributed by atoms with Crippen molar-refractivity contribution in [3.05, 3.63) is 58.7 Å². The van der Waals surface area contributed by atoms with Crippen LogP contribution in [0.4, 0.5) is 13.2 Å². The van der Waals surface area contributed by atoms with Gasteiger partial charge in [-0.25, -0.2) is 14.4 Å². The molecule has 40 heavy (non-hydrogen) atoms. The summed E-state index contributed by atoms with van der Waals surface area (Å²) < 4.78 is 44.4. The Morgan fingerprint density at radius 3 is 2.23 bits per heavy atom. The fourth-order valence-electron chi connectivity index (χ4n) is 5.43. The molecule has 1 aromatic heterocycles. The fraction of sp³-hybridized carbons (Fsp3) is 0.345. The third kappa shape index (κ3) is 5.68. The Bertz CT molecular complexity index is 1500. The number of aromatic nitrogens is 1. The van der Waals surface area contributed by atoms with Gasteiger partial charge in [0.1, 0.15) is 5.75 Å². The van der Waals surface area contributed by atoms with Crippen molar-refractivity contribution < 1.29 is 47.2 Å². The topological polar surface area (TPSA) is 115 Å². The van der Waals surface area contributed by atoms with Crippen molar-refractivity contribution in [1.82, 2.24) is 4.57 Å². The Morgan fingerprint density at radius 2 is 1.65 bits per heavy atom. The molecule has 1 aliphatic carbocycles. The first-order valence-corrected chi connectivity index (χ1v) is 12.6. The van der Waals surface area contributed by atoms with Crippen LogP contribution in [-0.4, -0.2) is 53.1 Å². The molecule has 2 aliphatic rings. The van der Waals surface area contributed by atoms with Crippen LogP contribution in [0, 0.1) is 0 Å². The molecule has 0 saturated heterocycles. The standard InChI is InChI=1S/C27H27NO5.C2HF3O2/c1-32-20-9-11-21-18(13-20)12-19(27(31)33-2)15-28-23-14-17(26(29)30)8-10-22(23)24(25(21)28)16-6-4-3-5-7-16;3-2(4,5)1(6)7/h8-14,16H,3-7,15H2,1-2H3,(H,29,30);(H,6,7). The van der Waals surface area contributed by atoms with Crippen LogP contribution >= 0.6 is 0 Å². The van der Waals surface area contributed by atoms with Gasteiger partial charge in [-0.1, -0.05) is 25.3 Å². The van der Waals surface area contributed by atoms with Gasteiger partial charge >= 0.3 is 24.1 Å². The number of aromatic carboxylic acids is 1. The summed E-state index contributed by atoms with van der Waals surface area (Å²) in [7, 11) is 3.01. The van der Waals surface area contributed by atoms with Crippen LogP contribution < -0.4 is 4.74 Å². The highest BCUT2D eigenvalue weighted by Gasteiger charge is 2.38. The molecule has 212 valence electrons. The van der Waals surface area contributed by atoms with E-state index in [1.54, 1.807) is 19.2 Å². The van der Waals surface area contributed by atoms with E-state index in [-0.39, 0.29) is 5.56 Å². The number of hydrogen-bond donors (Lipinski definition) is 2. The van der Waals surface area contributed by atoms with Gasteiger partial charge < -0.3 is 24.3 Å². The molecule has 8 nitrogen and oxygen atoms in total. The van der Waals surface area contributed by atoms with Crippen LogP contribution in [-0.2, 0) is 20.9 Å². The Balaban J connectivity index is 0.000000470. The number of carbonyl (C=O) groups excluding carboxylic acids is 1. The van der Waals surface area contributed by atoms with Crippen molar-refractivity contribution in [1.29, 1.82) is 0 Å². The Kier molecular flexibility index (Phi) is 8.22. The third-order valence-electron chi connectivity index (χ3n) is 7.23.